The number of hydrogen-bond acceptors (Lipinski definition) is 2. The van der Waals surface area contributed by atoms with Gasteiger partial charge in [0, 0.05) is 24.6 Å². The Kier molecular flexibility index (Phi) is 1.15. The van der Waals surface area contributed by atoms with Crippen molar-refractivity contribution in [1.82, 2.24) is 9.61 Å². The zero-order valence-corrected chi connectivity index (χ0v) is 7.03. The number of carbonyl (C=O) groups excluding carboxylic acids is 1. The van der Waals surface area contributed by atoms with Gasteiger partial charge in [0.1, 0.15) is 5.78 Å². The molecule has 2 aromatic heterocycles. The summed E-state index contributed by atoms with van der Waals surface area (Å²) in [5, 5.41) is 4.19. The van der Waals surface area contributed by atoms with E-state index in [0.717, 1.165) is 16.6 Å². The molecular formula is C10H8N2O. The van der Waals surface area contributed by atoms with E-state index in [9.17, 15) is 4.79 Å². The van der Waals surface area contributed by atoms with Crippen molar-refractivity contribution in [1.29, 1.82) is 0 Å². The van der Waals surface area contributed by atoms with Gasteiger partial charge in [-0.1, -0.05) is 6.07 Å². The predicted octanol–water partition coefficient (Wildman–Crippen LogP) is 1.00. The topological polar surface area (TPSA) is 34.4 Å². The van der Waals surface area contributed by atoms with Gasteiger partial charge in [0.05, 0.1) is 11.7 Å². The lowest BCUT2D eigenvalue weighted by molar-refractivity contribution is -0.117. The van der Waals surface area contributed by atoms with E-state index in [4.69, 9.17) is 0 Å². The summed E-state index contributed by atoms with van der Waals surface area (Å²) in [6.45, 7) is 0. The van der Waals surface area contributed by atoms with Gasteiger partial charge in [0.15, 0.2) is 0 Å². The molecule has 3 nitrogen and oxygen atoms in total. The number of aromatic nitrogens is 2. The zero-order valence-electron chi connectivity index (χ0n) is 7.03. The quantitative estimate of drug-likeness (QED) is 0.594. The molecule has 1 aliphatic rings. The van der Waals surface area contributed by atoms with Crippen LogP contribution in [0.5, 0.6) is 0 Å². The van der Waals surface area contributed by atoms with Crippen molar-refractivity contribution in [3.63, 3.8) is 0 Å². The van der Waals surface area contributed by atoms with Gasteiger partial charge in [0.2, 0.25) is 0 Å². The summed E-state index contributed by atoms with van der Waals surface area (Å²) in [4.78, 5) is 11.3. The standard InChI is InChI=1S/C10H8N2O/c13-9-4-7-2-1-3-12-10(7)8(5-9)6-11-12/h1-3,6H,4-5H2. The largest absolute Gasteiger partial charge is 0.299 e. The van der Waals surface area contributed by atoms with Crippen LogP contribution in [0.1, 0.15) is 11.1 Å². The second-order valence-corrected chi connectivity index (χ2v) is 3.39. The van der Waals surface area contributed by atoms with E-state index in [1.54, 1.807) is 6.20 Å². The first-order chi connectivity index (χ1) is 6.34. The van der Waals surface area contributed by atoms with Gasteiger partial charge in [0.25, 0.3) is 0 Å². The molecule has 0 N–H and O–H groups in total. The second kappa shape index (κ2) is 2.19. The number of carbonyl (C=O) groups is 1. The Morgan fingerprint density at radius 3 is 3.08 bits per heavy atom. The molecule has 0 spiro atoms. The summed E-state index contributed by atoms with van der Waals surface area (Å²) in [7, 11) is 0. The maximum Gasteiger partial charge on any atom is 0.141 e. The lowest BCUT2D eigenvalue weighted by Crippen LogP contribution is -2.12. The highest BCUT2D eigenvalue weighted by molar-refractivity contribution is 5.90. The molecule has 0 saturated heterocycles. The number of hydrogen-bond donors (Lipinski definition) is 0. The molecular weight excluding hydrogens is 164 g/mol. The average Bonchev–Trinajstić information content (AvgIpc) is 2.50. The van der Waals surface area contributed by atoms with Crippen molar-refractivity contribution in [2.75, 3.05) is 0 Å². The minimum absolute atomic E-state index is 0.286. The van der Waals surface area contributed by atoms with Crippen LogP contribution >= 0.6 is 0 Å². The molecule has 3 rings (SSSR count). The van der Waals surface area contributed by atoms with Crippen molar-refractivity contribution in [3.05, 3.63) is 35.7 Å². The molecule has 2 aromatic rings. The minimum atomic E-state index is 0.286. The van der Waals surface area contributed by atoms with Gasteiger partial charge < -0.3 is 0 Å². The van der Waals surface area contributed by atoms with Crippen molar-refractivity contribution in [2.45, 2.75) is 12.8 Å². The summed E-state index contributed by atoms with van der Waals surface area (Å²) in [6.07, 6.45) is 4.80. The first kappa shape index (κ1) is 6.83. The lowest BCUT2D eigenvalue weighted by Gasteiger charge is -2.10. The van der Waals surface area contributed by atoms with Gasteiger partial charge in [-0.2, -0.15) is 5.10 Å². The molecule has 0 unspecified atom stereocenters. The molecule has 13 heavy (non-hydrogen) atoms. The fraction of sp³-hybridized carbons (Fsp3) is 0.200. The van der Waals surface area contributed by atoms with E-state index >= 15 is 0 Å². The third kappa shape index (κ3) is 0.840. The fourth-order valence-electron chi connectivity index (χ4n) is 1.94. The van der Waals surface area contributed by atoms with Gasteiger partial charge >= 0.3 is 0 Å². The van der Waals surface area contributed by atoms with Gasteiger partial charge in [-0.3, -0.25) is 4.79 Å². The summed E-state index contributed by atoms with van der Waals surface area (Å²) in [5.74, 6) is 0.286. The van der Waals surface area contributed by atoms with E-state index in [1.165, 1.54) is 0 Å². The zero-order chi connectivity index (χ0) is 8.84. The highest BCUT2D eigenvalue weighted by Crippen LogP contribution is 2.22. The monoisotopic (exact) mass is 172 g/mol. The Labute approximate surface area is 75.0 Å². The third-order valence-corrected chi connectivity index (χ3v) is 2.48. The van der Waals surface area contributed by atoms with Crippen molar-refractivity contribution < 1.29 is 4.79 Å². The molecule has 0 saturated carbocycles. The van der Waals surface area contributed by atoms with Crippen molar-refractivity contribution in [2.24, 2.45) is 0 Å². The van der Waals surface area contributed by atoms with Crippen LogP contribution in [0.25, 0.3) is 5.52 Å². The van der Waals surface area contributed by atoms with Crippen LogP contribution in [0.3, 0.4) is 0 Å². The number of pyridine rings is 1. The Morgan fingerprint density at radius 1 is 1.31 bits per heavy atom. The first-order valence-corrected chi connectivity index (χ1v) is 4.30. The molecule has 0 radical (unpaired) electrons. The van der Waals surface area contributed by atoms with E-state index in [2.05, 4.69) is 5.10 Å². The summed E-state index contributed by atoms with van der Waals surface area (Å²) >= 11 is 0. The number of ketones is 1. The molecule has 2 heterocycles. The van der Waals surface area contributed by atoms with Crippen molar-refractivity contribution in [3.8, 4) is 0 Å². The number of nitrogens with zero attached hydrogens (tertiary/aromatic N) is 2. The van der Waals surface area contributed by atoms with Gasteiger partial charge in [-0.25, -0.2) is 4.52 Å². The SMILES string of the molecule is O=C1Cc2cccn3ncc(c23)C1. The Bertz CT molecular complexity index is 499. The smallest absolute Gasteiger partial charge is 0.141 e. The normalized spacial score (nSPS) is 15.2. The fourth-order valence-corrected chi connectivity index (χ4v) is 1.94. The van der Waals surface area contributed by atoms with Crippen LogP contribution in [-0.2, 0) is 17.6 Å². The molecule has 3 heteroatoms. The first-order valence-electron chi connectivity index (χ1n) is 4.30. The minimum Gasteiger partial charge on any atom is -0.299 e. The van der Waals surface area contributed by atoms with E-state index in [1.807, 2.05) is 22.8 Å². The predicted molar refractivity (Wildman–Crippen MR) is 47.6 cm³/mol. The van der Waals surface area contributed by atoms with E-state index < -0.39 is 0 Å². The van der Waals surface area contributed by atoms with Crippen LogP contribution in [0.2, 0.25) is 0 Å². The van der Waals surface area contributed by atoms with Gasteiger partial charge in [-0.15, -0.1) is 0 Å². The molecule has 0 bridgehead atoms. The van der Waals surface area contributed by atoms with Crippen molar-refractivity contribution >= 4 is 11.3 Å². The maximum atomic E-state index is 11.3. The second-order valence-electron chi connectivity index (χ2n) is 3.39. The molecule has 0 fully saturated rings. The third-order valence-electron chi connectivity index (χ3n) is 2.48. The molecule has 0 aliphatic heterocycles. The molecule has 0 amide bonds. The summed E-state index contributed by atoms with van der Waals surface area (Å²) in [6, 6.07) is 3.93. The Hall–Kier alpha value is -1.64. The van der Waals surface area contributed by atoms with Crippen LogP contribution in [-0.4, -0.2) is 15.4 Å². The summed E-state index contributed by atoms with van der Waals surface area (Å²) in [5.41, 5.74) is 3.29. The average molecular weight is 172 g/mol. The molecule has 64 valence electrons. The highest BCUT2D eigenvalue weighted by atomic mass is 16.1. The van der Waals surface area contributed by atoms with Crippen LogP contribution in [0.15, 0.2) is 24.5 Å². The summed E-state index contributed by atoms with van der Waals surface area (Å²) < 4.78 is 1.84. The van der Waals surface area contributed by atoms with Crippen LogP contribution in [0, 0.1) is 0 Å². The highest BCUT2D eigenvalue weighted by Gasteiger charge is 2.18. The number of Topliss-reactive ketones (excluding diaryl/α,β-unsaturated/α-hetero) is 1. The van der Waals surface area contributed by atoms with Gasteiger partial charge in [-0.05, 0) is 11.6 Å². The van der Waals surface area contributed by atoms with Crippen LogP contribution < -0.4 is 0 Å². The van der Waals surface area contributed by atoms with Crippen LogP contribution in [0.4, 0.5) is 0 Å². The molecule has 0 atom stereocenters. The Morgan fingerprint density at radius 2 is 2.15 bits per heavy atom. The maximum absolute atomic E-state index is 11.3. The molecule has 0 aromatic carbocycles. The van der Waals surface area contributed by atoms with E-state index in [-0.39, 0.29) is 5.78 Å². The molecule has 1 aliphatic carbocycles. The Balaban J connectivity index is 2.44. The van der Waals surface area contributed by atoms with E-state index in [0.29, 0.717) is 12.8 Å². The lowest BCUT2D eigenvalue weighted by atomic mass is 9.96. The number of rotatable bonds is 0.